The molecule has 9 nitrogen and oxygen atoms in total. The third-order valence-electron chi connectivity index (χ3n) is 8.26. The van der Waals surface area contributed by atoms with Gasteiger partial charge in [0.2, 0.25) is 5.91 Å². The standard InChI is InChI=1S/C32H33N3O6S/c1-19-29(20(2)40-34-19)42(38,39)41-27-15-11-10-14-24(27)28(37)22-16-17-26-25(18-22)32(6,23-12-8-7-9-13-23)30(33)31(4,5)35(26)21(3)36/h7-18,30H,33H2,1-6H3. The van der Waals surface area contributed by atoms with E-state index in [-0.39, 0.29) is 39.1 Å². The van der Waals surface area contributed by atoms with Crippen molar-refractivity contribution in [3.63, 3.8) is 0 Å². The van der Waals surface area contributed by atoms with Crippen LogP contribution in [-0.4, -0.2) is 36.8 Å². The molecule has 2 heterocycles. The summed E-state index contributed by atoms with van der Waals surface area (Å²) >= 11 is 0. The molecule has 218 valence electrons. The molecule has 0 saturated heterocycles. The molecule has 2 unspecified atom stereocenters. The number of aryl methyl sites for hydroxylation is 2. The van der Waals surface area contributed by atoms with Crippen LogP contribution in [0.25, 0.3) is 0 Å². The van der Waals surface area contributed by atoms with E-state index in [1.165, 1.54) is 32.9 Å². The summed E-state index contributed by atoms with van der Waals surface area (Å²) in [7, 11) is -4.34. The fourth-order valence-corrected chi connectivity index (χ4v) is 7.43. The number of amides is 1. The van der Waals surface area contributed by atoms with Crippen LogP contribution in [0, 0.1) is 13.8 Å². The summed E-state index contributed by atoms with van der Waals surface area (Å²) in [5, 5.41) is 3.70. The van der Waals surface area contributed by atoms with E-state index in [1.54, 1.807) is 35.2 Å². The number of carbonyl (C=O) groups excluding carboxylic acids is 2. The minimum absolute atomic E-state index is 0.0538. The average molecular weight is 588 g/mol. The van der Waals surface area contributed by atoms with E-state index in [1.807, 2.05) is 51.1 Å². The zero-order valence-corrected chi connectivity index (χ0v) is 25.2. The van der Waals surface area contributed by atoms with Crippen molar-refractivity contribution in [2.45, 2.75) is 63.4 Å². The third kappa shape index (κ3) is 4.51. The molecule has 2 atom stereocenters. The largest absolute Gasteiger partial charge is 0.378 e. The molecule has 2 N–H and O–H groups in total. The quantitative estimate of drug-likeness (QED) is 0.244. The molecule has 1 aromatic heterocycles. The van der Waals surface area contributed by atoms with E-state index < -0.39 is 32.9 Å². The molecule has 0 bridgehead atoms. The zero-order valence-electron chi connectivity index (χ0n) is 24.3. The first-order chi connectivity index (χ1) is 19.7. The number of hydrogen-bond donors (Lipinski definition) is 1. The van der Waals surface area contributed by atoms with E-state index in [2.05, 4.69) is 5.16 Å². The molecule has 0 fully saturated rings. The van der Waals surface area contributed by atoms with Crippen LogP contribution in [0.15, 0.2) is 82.2 Å². The maximum atomic E-state index is 14.0. The van der Waals surface area contributed by atoms with Crippen LogP contribution in [0.1, 0.15) is 66.2 Å². The number of benzene rings is 3. The van der Waals surface area contributed by atoms with Crippen LogP contribution in [0.2, 0.25) is 0 Å². The second-order valence-electron chi connectivity index (χ2n) is 11.3. The van der Waals surface area contributed by atoms with Gasteiger partial charge in [0.1, 0.15) is 5.69 Å². The van der Waals surface area contributed by atoms with Crippen LogP contribution in [-0.2, 0) is 20.3 Å². The Labute approximate surface area is 245 Å². The van der Waals surface area contributed by atoms with Crippen molar-refractivity contribution >= 4 is 27.5 Å². The molecule has 4 aromatic rings. The molecular formula is C32H33N3O6S. The number of fused-ring (bicyclic) bond motifs is 1. The van der Waals surface area contributed by atoms with Gasteiger partial charge >= 0.3 is 10.1 Å². The molecule has 42 heavy (non-hydrogen) atoms. The van der Waals surface area contributed by atoms with E-state index in [0.29, 0.717) is 11.3 Å². The molecule has 10 heteroatoms. The first-order valence-electron chi connectivity index (χ1n) is 13.5. The first-order valence-corrected chi connectivity index (χ1v) is 14.9. The number of rotatable bonds is 6. The summed E-state index contributed by atoms with van der Waals surface area (Å²) in [6.45, 7) is 10.4. The van der Waals surface area contributed by atoms with Crippen LogP contribution in [0.5, 0.6) is 5.75 Å². The van der Waals surface area contributed by atoms with Crippen molar-refractivity contribution in [2.75, 3.05) is 4.90 Å². The van der Waals surface area contributed by atoms with E-state index >= 15 is 0 Å². The summed E-state index contributed by atoms with van der Waals surface area (Å²) in [4.78, 5) is 28.5. The molecular weight excluding hydrogens is 554 g/mol. The molecule has 1 aliphatic rings. The number of ketones is 1. The van der Waals surface area contributed by atoms with Crippen molar-refractivity contribution in [3.8, 4) is 5.75 Å². The second kappa shape index (κ2) is 10.2. The average Bonchev–Trinajstić information content (AvgIpc) is 3.30. The highest BCUT2D eigenvalue weighted by atomic mass is 32.2. The van der Waals surface area contributed by atoms with Gasteiger partial charge in [-0.05, 0) is 76.1 Å². The SMILES string of the molecule is CC(=O)N1c2ccc(C(=O)c3ccccc3OS(=O)(=O)c3c(C)noc3C)cc2C(C)(c2ccccc2)C(N)C1(C)C. The smallest absolute Gasteiger partial charge is 0.344 e. The molecule has 0 radical (unpaired) electrons. The summed E-state index contributed by atoms with van der Waals surface area (Å²) in [6, 6.07) is 20.5. The second-order valence-corrected chi connectivity index (χ2v) is 12.8. The van der Waals surface area contributed by atoms with Crippen molar-refractivity contribution in [1.82, 2.24) is 5.16 Å². The number of carbonyl (C=O) groups is 2. The lowest BCUT2D eigenvalue weighted by Crippen LogP contribution is -2.68. The topological polar surface area (TPSA) is 133 Å². The van der Waals surface area contributed by atoms with Crippen LogP contribution in [0.4, 0.5) is 5.69 Å². The third-order valence-corrected chi connectivity index (χ3v) is 9.74. The highest BCUT2D eigenvalue weighted by molar-refractivity contribution is 7.87. The van der Waals surface area contributed by atoms with Crippen LogP contribution in [0.3, 0.4) is 0 Å². The van der Waals surface area contributed by atoms with Gasteiger partial charge in [-0.2, -0.15) is 8.42 Å². The monoisotopic (exact) mass is 587 g/mol. The molecule has 5 rings (SSSR count). The number of hydrogen-bond acceptors (Lipinski definition) is 8. The van der Waals surface area contributed by atoms with E-state index in [9.17, 15) is 18.0 Å². The molecule has 0 aliphatic carbocycles. The molecule has 0 saturated carbocycles. The van der Waals surface area contributed by atoms with Gasteiger partial charge in [0.05, 0.1) is 11.1 Å². The Kier molecular flexibility index (Phi) is 7.11. The van der Waals surface area contributed by atoms with Gasteiger partial charge in [0.25, 0.3) is 0 Å². The molecule has 3 aromatic carbocycles. The van der Waals surface area contributed by atoms with Crippen molar-refractivity contribution in [1.29, 1.82) is 0 Å². The molecule has 1 aliphatic heterocycles. The number of nitrogens with two attached hydrogens (primary N) is 1. The van der Waals surface area contributed by atoms with Gasteiger partial charge in [0, 0.05) is 29.6 Å². The summed E-state index contributed by atoms with van der Waals surface area (Å²) in [6.07, 6.45) is 0. The molecule has 0 spiro atoms. The van der Waals surface area contributed by atoms with E-state index in [0.717, 1.165) is 5.56 Å². The Bertz CT molecular complexity index is 1790. The lowest BCUT2D eigenvalue weighted by atomic mass is 9.61. The summed E-state index contributed by atoms with van der Waals surface area (Å²) in [5.74, 6) is -0.672. The van der Waals surface area contributed by atoms with Gasteiger partial charge in [-0.3, -0.25) is 9.59 Å². The van der Waals surface area contributed by atoms with Gasteiger partial charge < -0.3 is 19.3 Å². The minimum Gasteiger partial charge on any atom is -0.378 e. The van der Waals surface area contributed by atoms with Crippen molar-refractivity contribution in [2.24, 2.45) is 5.73 Å². The van der Waals surface area contributed by atoms with Crippen molar-refractivity contribution in [3.05, 3.63) is 107 Å². The Hall–Kier alpha value is -4.28. The Balaban J connectivity index is 1.65. The minimum atomic E-state index is -4.34. The fraction of sp³-hybridized carbons (Fsp3) is 0.281. The predicted molar refractivity (Wildman–Crippen MR) is 158 cm³/mol. The number of aromatic nitrogens is 1. The van der Waals surface area contributed by atoms with Gasteiger partial charge in [0.15, 0.2) is 22.2 Å². The first kappa shape index (κ1) is 29.2. The van der Waals surface area contributed by atoms with Gasteiger partial charge in [-0.15, -0.1) is 0 Å². The number of nitrogens with zero attached hydrogens (tertiary/aromatic N) is 2. The van der Waals surface area contributed by atoms with Crippen LogP contribution >= 0.6 is 0 Å². The predicted octanol–water partition coefficient (Wildman–Crippen LogP) is 5.07. The van der Waals surface area contributed by atoms with Gasteiger partial charge in [-0.1, -0.05) is 47.6 Å². The Morgan fingerprint density at radius 3 is 2.24 bits per heavy atom. The fourth-order valence-electron chi connectivity index (χ4n) is 6.18. The lowest BCUT2D eigenvalue weighted by molar-refractivity contribution is -0.118. The maximum absolute atomic E-state index is 14.0. The maximum Gasteiger partial charge on any atom is 0.344 e. The number of para-hydroxylation sites is 1. The van der Waals surface area contributed by atoms with Crippen molar-refractivity contribution < 1.29 is 26.7 Å². The number of anilines is 1. The molecule has 1 amide bonds. The highest BCUT2D eigenvalue weighted by Gasteiger charge is 2.53. The lowest BCUT2D eigenvalue weighted by Gasteiger charge is -2.55. The van der Waals surface area contributed by atoms with E-state index in [4.69, 9.17) is 14.4 Å². The zero-order chi connectivity index (χ0) is 30.6. The van der Waals surface area contributed by atoms with Gasteiger partial charge in [-0.25, -0.2) is 0 Å². The normalized spacial score (nSPS) is 19.7. The summed E-state index contributed by atoms with van der Waals surface area (Å²) < 4.78 is 36.8. The Morgan fingerprint density at radius 1 is 0.976 bits per heavy atom. The highest BCUT2D eigenvalue weighted by Crippen LogP contribution is 2.50. The van der Waals surface area contributed by atoms with Crippen LogP contribution < -0.4 is 14.8 Å². The Morgan fingerprint density at radius 2 is 1.62 bits per heavy atom. The summed E-state index contributed by atoms with van der Waals surface area (Å²) in [5.41, 5.74) is 8.27.